The lowest BCUT2D eigenvalue weighted by atomic mass is 9.91. The minimum absolute atomic E-state index is 0.0302. The molecule has 0 saturated carbocycles. The number of ether oxygens (including phenoxy) is 1. The van der Waals surface area contributed by atoms with Gasteiger partial charge in [0.25, 0.3) is 0 Å². The molecular weight excluding hydrogens is 550 g/mol. The average Bonchev–Trinajstić information content (AvgIpc) is 3.32. The summed E-state index contributed by atoms with van der Waals surface area (Å²) < 4.78 is 7.83. The lowest BCUT2D eigenvalue weighted by molar-refractivity contribution is -0.125. The fourth-order valence-corrected chi connectivity index (χ4v) is 4.92. The molecule has 0 bridgehead atoms. The standard InChI is InChI=1S/C33H46ClN5O3/c1-21(2)42-29-13-12-25(18-26(29)34)28(40)17-23(19-37-31(41)33(6,7)36)16-22-8-10-24(11-9-22)27-20-39(15-14-35)30(38-27)32(3,4)5/h8-13,18,20-21,23H,14-17,19,35-36H2,1-7H3,(H,37,41)/t23-/m1/s1. The van der Waals surface area contributed by atoms with Crippen molar-refractivity contribution in [3.63, 3.8) is 0 Å². The number of nitrogens with one attached hydrogen (secondary N) is 1. The number of nitrogens with two attached hydrogens (primary N) is 2. The highest BCUT2D eigenvalue weighted by atomic mass is 35.5. The molecule has 1 amide bonds. The molecule has 3 aromatic rings. The number of carbonyl (C=O) groups is 2. The highest BCUT2D eigenvalue weighted by Crippen LogP contribution is 2.29. The Bertz CT molecular complexity index is 1370. The van der Waals surface area contributed by atoms with E-state index in [9.17, 15) is 9.59 Å². The van der Waals surface area contributed by atoms with Crippen LogP contribution in [0, 0.1) is 5.92 Å². The zero-order valence-corrected chi connectivity index (χ0v) is 26.7. The molecule has 0 aliphatic heterocycles. The third-order valence-electron chi connectivity index (χ3n) is 6.82. The zero-order chi connectivity index (χ0) is 31.2. The van der Waals surface area contributed by atoms with Gasteiger partial charge >= 0.3 is 0 Å². The van der Waals surface area contributed by atoms with E-state index < -0.39 is 5.54 Å². The van der Waals surface area contributed by atoms with Crippen molar-refractivity contribution in [1.29, 1.82) is 0 Å². The van der Waals surface area contributed by atoms with E-state index in [4.69, 9.17) is 32.8 Å². The predicted molar refractivity (Wildman–Crippen MR) is 170 cm³/mol. The summed E-state index contributed by atoms with van der Waals surface area (Å²) in [5.74, 6) is 1.05. The molecule has 0 fully saturated rings. The van der Waals surface area contributed by atoms with Crippen molar-refractivity contribution >= 4 is 23.3 Å². The van der Waals surface area contributed by atoms with Crippen LogP contribution in [0.3, 0.4) is 0 Å². The Morgan fingerprint density at radius 3 is 2.29 bits per heavy atom. The molecule has 0 spiro atoms. The fourth-order valence-electron chi connectivity index (χ4n) is 4.69. The van der Waals surface area contributed by atoms with Crippen LogP contribution < -0.4 is 21.5 Å². The molecule has 1 heterocycles. The Kier molecular flexibility index (Phi) is 11.0. The van der Waals surface area contributed by atoms with Crippen molar-refractivity contribution in [3.05, 3.63) is 70.6 Å². The van der Waals surface area contributed by atoms with Gasteiger partial charge in [-0.1, -0.05) is 56.6 Å². The third-order valence-corrected chi connectivity index (χ3v) is 7.11. The first-order valence-electron chi connectivity index (χ1n) is 14.5. The second-order valence-corrected chi connectivity index (χ2v) is 13.2. The van der Waals surface area contributed by atoms with Crippen molar-refractivity contribution < 1.29 is 14.3 Å². The molecule has 0 aliphatic carbocycles. The van der Waals surface area contributed by atoms with Crippen molar-refractivity contribution in [2.24, 2.45) is 17.4 Å². The normalized spacial score (nSPS) is 12.8. The molecule has 0 aliphatic rings. The van der Waals surface area contributed by atoms with E-state index in [0.29, 0.717) is 42.4 Å². The van der Waals surface area contributed by atoms with E-state index in [0.717, 1.165) is 22.6 Å². The van der Waals surface area contributed by atoms with Gasteiger partial charge in [-0.2, -0.15) is 0 Å². The van der Waals surface area contributed by atoms with Crippen LogP contribution in [0.4, 0.5) is 0 Å². The van der Waals surface area contributed by atoms with E-state index >= 15 is 0 Å². The Labute approximate surface area is 255 Å². The minimum Gasteiger partial charge on any atom is -0.489 e. The second kappa shape index (κ2) is 13.8. The predicted octanol–water partition coefficient (Wildman–Crippen LogP) is 5.53. The summed E-state index contributed by atoms with van der Waals surface area (Å²) in [6.45, 7) is 15.1. The molecule has 42 heavy (non-hydrogen) atoms. The molecular formula is C33H46ClN5O3. The number of hydrogen-bond donors (Lipinski definition) is 3. The van der Waals surface area contributed by atoms with Crippen LogP contribution in [0.15, 0.2) is 48.7 Å². The second-order valence-electron chi connectivity index (χ2n) is 12.8. The minimum atomic E-state index is -1.02. The number of imidazole rings is 1. The van der Waals surface area contributed by atoms with Gasteiger partial charge in [-0.25, -0.2) is 4.98 Å². The number of Topliss-reactive ketones (excluding diaryl/α,β-unsaturated/α-hetero) is 1. The van der Waals surface area contributed by atoms with Crippen LogP contribution in [0.25, 0.3) is 11.3 Å². The molecule has 5 N–H and O–H groups in total. The first-order valence-corrected chi connectivity index (χ1v) is 14.9. The number of halogens is 1. The number of carbonyl (C=O) groups excluding carboxylic acids is 2. The lowest BCUT2D eigenvalue weighted by Gasteiger charge is -2.22. The first kappa shape index (κ1) is 33.3. The smallest absolute Gasteiger partial charge is 0.239 e. The summed E-state index contributed by atoms with van der Waals surface area (Å²) in [5.41, 5.74) is 14.1. The maximum atomic E-state index is 13.3. The van der Waals surface area contributed by atoms with Crippen LogP contribution in [0.2, 0.25) is 5.02 Å². The summed E-state index contributed by atoms with van der Waals surface area (Å²) in [5, 5.41) is 3.32. The van der Waals surface area contributed by atoms with Gasteiger partial charge in [-0.3, -0.25) is 9.59 Å². The van der Waals surface area contributed by atoms with Gasteiger partial charge in [-0.15, -0.1) is 0 Å². The number of nitrogens with zero attached hydrogens (tertiary/aromatic N) is 2. The van der Waals surface area contributed by atoms with Crippen LogP contribution in [-0.4, -0.2) is 46.0 Å². The molecule has 0 saturated heterocycles. The average molecular weight is 596 g/mol. The molecule has 2 aromatic carbocycles. The maximum absolute atomic E-state index is 13.3. The molecule has 9 heteroatoms. The topological polar surface area (TPSA) is 125 Å². The van der Waals surface area contributed by atoms with E-state index in [2.05, 4.69) is 49.0 Å². The Balaban J connectivity index is 1.80. The van der Waals surface area contributed by atoms with Gasteiger partial charge < -0.3 is 26.1 Å². The molecule has 1 aromatic heterocycles. The number of benzene rings is 2. The summed E-state index contributed by atoms with van der Waals surface area (Å²) in [7, 11) is 0. The van der Waals surface area contributed by atoms with Gasteiger partial charge in [-0.05, 0) is 63.8 Å². The van der Waals surface area contributed by atoms with E-state index in [-0.39, 0.29) is 35.5 Å². The highest BCUT2D eigenvalue weighted by Gasteiger charge is 2.25. The Hall–Kier alpha value is -3.20. The zero-order valence-electron chi connectivity index (χ0n) is 26.0. The molecule has 1 atom stereocenters. The Morgan fingerprint density at radius 1 is 1.07 bits per heavy atom. The highest BCUT2D eigenvalue weighted by molar-refractivity contribution is 6.32. The lowest BCUT2D eigenvalue weighted by Crippen LogP contribution is -2.50. The number of rotatable bonds is 13. The summed E-state index contributed by atoms with van der Waals surface area (Å²) in [6, 6.07) is 13.3. The van der Waals surface area contributed by atoms with Crippen molar-refractivity contribution in [3.8, 4) is 17.0 Å². The van der Waals surface area contributed by atoms with Gasteiger partial charge in [0.05, 0.1) is 22.4 Å². The number of ketones is 1. The monoisotopic (exact) mass is 595 g/mol. The van der Waals surface area contributed by atoms with Crippen molar-refractivity contribution in [2.75, 3.05) is 13.1 Å². The molecule has 0 radical (unpaired) electrons. The quantitative estimate of drug-likeness (QED) is 0.223. The number of hydrogen-bond acceptors (Lipinski definition) is 6. The SMILES string of the molecule is CC(C)Oc1ccc(C(=O)C[C@H](CNC(=O)C(C)(C)N)Cc2ccc(-c3cn(CCN)c(C(C)(C)C)n3)cc2)cc1Cl. The van der Waals surface area contributed by atoms with Gasteiger partial charge in [0.15, 0.2) is 5.78 Å². The summed E-state index contributed by atoms with van der Waals surface area (Å²) >= 11 is 6.39. The van der Waals surface area contributed by atoms with Gasteiger partial charge in [0.2, 0.25) is 5.91 Å². The maximum Gasteiger partial charge on any atom is 0.239 e. The van der Waals surface area contributed by atoms with Gasteiger partial charge in [0.1, 0.15) is 11.6 Å². The van der Waals surface area contributed by atoms with Crippen molar-refractivity contribution in [2.45, 2.75) is 84.9 Å². The van der Waals surface area contributed by atoms with E-state index in [1.165, 1.54) is 0 Å². The molecule has 8 nitrogen and oxygen atoms in total. The van der Waals surface area contributed by atoms with Crippen molar-refractivity contribution in [1.82, 2.24) is 14.9 Å². The van der Waals surface area contributed by atoms with E-state index in [1.807, 2.05) is 26.0 Å². The largest absolute Gasteiger partial charge is 0.489 e. The van der Waals surface area contributed by atoms with Crippen LogP contribution in [-0.2, 0) is 23.2 Å². The van der Waals surface area contributed by atoms with Crippen LogP contribution in [0.5, 0.6) is 5.75 Å². The summed E-state index contributed by atoms with van der Waals surface area (Å²) in [4.78, 5) is 30.8. The molecule has 228 valence electrons. The Morgan fingerprint density at radius 2 is 1.74 bits per heavy atom. The molecule has 3 rings (SSSR count). The van der Waals surface area contributed by atoms with Gasteiger partial charge in [0, 0.05) is 48.8 Å². The number of amides is 1. The van der Waals surface area contributed by atoms with E-state index in [1.54, 1.807) is 32.0 Å². The molecule has 0 unspecified atom stereocenters. The number of aromatic nitrogens is 2. The van der Waals surface area contributed by atoms with Crippen LogP contribution >= 0.6 is 11.6 Å². The summed E-state index contributed by atoms with van der Waals surface area (Å²) in [6.07, 6.45) is 2.84. The first-order chi connectivity index (χ1) is 19.6. The van der Waals surface area contributed by atoms with Crippen LogP contribution in [0.1, 0.15) is 76.6 Å². The third kappa shape index (κ3) is 9.15. The fraction of sp³-hybridized carbons (Fsp3) is 0.485.